The van der Waals surface area contributed by atoms with Gasteiger partial charge in [0, 0.05) is 10.6 Å². The summed E-state index contributed by atoms with van der Waals surface area (Å²) in [5.74, 6) is 2.82. The molecule has 5 heteroatoms. The quantitative estimate of drug-likeness (QED) is 0.712. The number of aromatic amines is 1. The van der Waals surface area contributed by atoms with Crippen LogP contribution >= 0.6 is 11.8 Å². The van der Waals surface area contributed by atoms with Crippen molar-refractivity contribution in [3.05, 3.63) is 47.8 Å². The van der Waals surface area contributed by atoms with E-state index in [1.54, 1.807) is 6.07 Å². The van der Waals surface area contributed by atoms with E-state index in [4.69, 9.17) is 5.73 Å². The van der Waals surface area contributed by atoms with Crippen molar-refractivity contribution in [3.63, 3.8) is 0 Å². The zero-order chi connectivity index (χ0) is 12.8. The van der Waals surface area contributed by atoms with Crippen LogP contribution in [0.15, 0.2) is 41.3 Å². The molecule has 1 aliphatic heterocycles. The molecule has 3 heterocycles. The highest BCUT2D eigenvalue weighted by Gasteiger charge is 2.26. The van der Waals surface area contributed by atoms with Crippen molar-refractivity contribution in [2.45, 2.75) is 10.8 Å². The van der Waals surface area contributed by atoms with Crippen molar-refractivity contribution in [1.29, 1.82) is 0 Å². The number of fused-ring (bicyclic) bond motifs is 2. The Morgan fingerprint density at radius 1 is 1.16 bits per heavy atom. The van der Waals surface area contributed by atoms with Crippen molar-refractivity contribution in [3.8, 4) is 0 Å². The van der Waals surface area contributed by atoms with Crippen LogP contribution in [0.4, 0.5) is 5.82 Å². The number of aromatic nitrogens is 3. The summed E-state index contributed by atoms with van der Waals surface area (Å²) < 4.78 is 0. The molecule has 0 amide bonds. The van der Waals surface area contributed by atoms with E-state index in [1.165, 1.54) is 10.5 Å². The van der Waals surface area contributed by atoms with E-state index in [9.17, 15) is 0 Å². The Morgan fingerprint density at radius 2 is 2.05 bits per heavy atom. The Balaban J connectivity index is 1.83. The lowest BCUT2D eigenvalue weighted by molar-refractivity contribution is 0.857. The summed E-state index contributed by atoms with van der Waals surface area (Å²) in [6.45, 7) is 0. The molecule has 1 atom stereocenters. The predicted octanol–water partition coefficient (Wildman–Crippen LogP) is 2.78. The first-order valence-corrected chi connectivity index (χ1v) is 7.14. The van der Waals surface area contributed by atoms with Crippen LogP contribution in [0.25, 0.3) is 11.2 Å². The summed E-state index contributed by atoms with van der Waals surface area (Å²) in [6, 6.07) is 12.2. The minimum absolute atomic E-state index is 0.316. The Labute approximate surface area is 114 Å². The zero-order valence-corrected chi connectivity index (χ0v) is 10.9. The summed E-state index contributed by atoms with van der Waals surface area (Å²) in [6.07, 6.45) is 0. The molecule has 1 unspecified atom stereocenters. The van der Waals surface area contributed by atoms with Crippen LogP contribution in [-0.2, 0) is 0 Å². The Hall–Kier alpha value is -2.01. The molecule has 0 saturated heterocycles. The van der Waals surface area contributed by atoms with Gasteiger partial charge in [-0.2, -0.15) is 0 Å². The molecule has 0 fully saturated rings. The van der Waals surface area contributed by atoms with Gasteiger partial charge < -0.3 is 10.7 Å². The van der Waals surface area contributed by atoms with Gasteiger partial charge >= 0.3 is 0 Å². The van der Waals surface area contributed by atoms with E-state index in [0.29, 0.717) is 17.4 Å². The maximum absolute atomic E-state index is 5.69. The molecule has 1 aliphatic rings. The van der Waals surface area contributed by atoms with Crippen molar-refractivity contribution < 1.29 is 0 Å². The fourth-order valence-electron chi connectivity index (χ4n) is 2.48. The molecular formula is C14H12N4S. The molecule has 19 heavy (non-hydrogen) atoms. The van der Waals surface area contributed by atoms with Crippen LogP contribution in [0.5, 0.6) is 0 Å². The zero-order valence-electron chi connectivity index (χ0n) is 10.1. The molecule has 0 spiro atoms. The van der Waals surface area contributed by atoms with Crippen molar-refractivity contribution >= 4 is 28.7 Å². The first-order chi connectivity index (χ1) is 9.31. The molecular weight excluding hydrogens is 256 g/mol. The SMILES string of the molecule is Nc1ccc2[nH]c(C3CSc4ccccc43)nc2n1. The number of nitrogen functional groups attached to an aromatic ring is 1. The third-order valence-electron chi connectivity index (χ3n) is 3.42. The van der Waals surface area contributed by atoms with Gasteiger partial charge in [0.2, 0.25) is 0 Å². The van der Waals surface area contributed by atoms with Gasteiger partial charge in [-0.3, -0.25) is 0 Å². The number of nitrogens with two attached hydrogens (primary N) is 1. The smallest absolute Gasteiger partial charge is 0.179 e. The number of hydrogen-bond donors (Lipinski definition) is 2. The van der Waals surface area contributed by atoms with Gasteiger partial charge in [0.15, 0.2) is 5.65 Å². The van der Waals surface area contributed by atoms with Crippen LogP contribution in [0.1, 0.15) is 17.3 Å². The lowest BCUT2D eigenvalue weighted by atomic mass is 10.0. The number of pyridine rings is 1. The lowest BCUT2D eigenvalue weighted by Gasteiger charge is -2.06. The van der Waals surface area contributed by atoms with E-state index >= 15 is 0 Å². The molecule has 1 aromatic carbocycles. The van der Waals surface area contributed by atoms with Crippen molar-refractivity contribution in [1.82, 2.24) is 15.0 Å². The number of nitrogens with one attached hydrogen (secondary N) is 1. The third-order valence-corrected chi connectivity index (χ3v) is 4.60. The highest BCUT2D eigenvalue weighted by molar-refractivity contribution is 7.99. The average Bonchev–Trinajstić information content (AvgIpc) is 3.00. The Kier molecular flexibility index (Phi) is 2.29. The molecule has 94 valence electrons. The molecule has 0 radical (unpaired) electrons. The lowest BCUT2D eigenvalue weighted by Crippen LogP contribution is -2.01. The van der Waals surface area contributed by atoms with Crippen LogP contribution in [0.3, 0.4) is 0 Å². The Morgan fingerprint density at radius 3 is 3.00 bits per heavy atom. The van der Waals surface area contributed by atoms with Crippen molar-refractivity contribution in [2.75, 3.05) is 11.5 Å². The predicted molar refractivity (Wildman–Crippen MR) is 77.3 cm³/mol. The average molecular weight is 268 g/mol. The van der Waals surface area contributed by atoms with Crippen LogP contribution < -0.4 is 5.73 Å². The van der Waals surface area contributed by atoms with Crippen molar-refractivity contribution in [2.24, 2.45) is 0 Å². The first-order valence-electron chi connectivity index (χ1n) is 6.15. The molecule has 4 nitrogen and oxygen atoms in total. The number of imidazole rings is 1. The van der Waals surface area contributed by atoms with Gasteiger partial charge in [0.1, 0.15) is 11.6 Å². The molecule has 0 saturated carbocycles. The van der Waals surface area contributed by atoms with Gasteiger partial charge in [0.05, 0.1) is 11.4 Å². The monoisotopic (exact) mass is 268 g/mol. The summed E-state index contributed by atoms with van der Waals surface area (Å²) in [5.41, 5.74) is 8.68. The van der Waals surface area contributed by atoms with E-state index < -0.39 is 0 Å². The Bertz CT molecular complexity index is 765. The molecule has 3 aromatic rings. The largest absolute Gasteiger partial charge is 0.384 e. The van der Waals surface area contributed by atoms with Gasteiger partial charge in [-0.25, -0.2) is 9.97 Å². The van der Waals surface area contributed by atoms with Crippen LogP contribution in [-0.4, -0.2) is 20.7 Å². The van der Waals surface area contributed by atoms with Gasteiger partial charge in [-0.15, -0.1) is 11.8 Å². The number of benzene rings is 1. The van der Waals surface area contributed by atoms with Gasteiger partial charge in [-0.1, -0.05) is 18.2 Å². The summed E-state index contributed by atoms with van der Waals surface area (Å²) >= 11 is 1.88. The first kappa shape index (κ1) is 10.9. The fourth-order valence-corrected chi connectivity index (χ4v) is 3.72. The summed E-state index contributed by atoms with van der Waals surface area (Å²) in [5, 5.41) is 0. The second-order valence-corrected chi connectivity index (χ2v) is 5.69. The van der Waals surface area contributed by atoms with E-state index in [1.807, 2.05) is 17.8 Å². The standard InChI is InChI=1S/C14H12N4S/c15-12-6-5-10-14(17-12)18-13(16-10)9-7-19-11-4-2-1-3-8(9)11/h1-6,9H,7H2,(H3,15,16,17,18). The van der Waals surface area contributed by atoms with Gasteiger partial charge in [0.25, 0.3) is 0 Å². The normalized spacial score (nSPS) is 17.8. The highest BCUT2D eigenvalue weighted by atomic mass is 32.2. The van der Waals surface area contributed by atoms with Crippen LogP contribution in [0.2, 0.25) is 0 Å². The summed E-state index contributed by atoms with van der Waals surface area (Å²) in [7, 11) is 0. The number of hydrogen-bond acceptors (Lipinski definition) is 4. The number of rotatable bonds is 1. The van der Waals surface area contributed by atoms with Gasteiger partial charge in [-0.05, 0) is 23.8 Å². The minimum atomic E-state index is 0.316. The molecule has 0 aliphatic carbocycles. The topological polar surface area (TPSA) is 67.6 Å². The molecule has 0 bridgehead atoms. The number of thioether (sulfide) groups is 1. The summed E-state index contributed by atoms with van der Waals surface area (Å²) in [4.78, 5) is 13.6. The maximum atomic E-state index is 5.69. The maximum Gasteiger partial charge on any atom is 0.179 e. The third kappa shape index (κ3) is 1.69. The second kappa shape index (κ2) is 3.99. The van der Waals surface area contributed by atoms with E-state index in [2.05, 4.69) is 39.2 Å². The minimum Gasteiger partial charge on any atom is -0.384 e. The number of H-pyrrole nitrogens is 1. The highest BCUT2D eigenvalue weighted by Crippen LogP contribution is 2.42. The van der Waals surface area contributed by atoms with Crippen LogP contribution in [0, 0.1) is 0 Å². The molecule has 4 rings (SSSR count). The molecule has 3 N–H and O–H groups in total. The van der Waals surface area contributed by atoms with E-state index in [-0.39, 0.29) is 0 Å². The number of nitrogens with zero attached hydrogens (tertiary/aromatic N) is 2. The fraction of sp³-hybridized carbons (Fsp3) is 0.143. The molecule has 2 aromatic heterocycles. The second-order valence-electron chi connectivity index (χ2n) is 4.63. The van der Waals surface area contributed by atoms with E-state index in [0.717, 1.165) is 17.1 Å². The number of anilines is 1.